The highest BCUT2D eigenvalue weighted by atomic mass is 16.2. The van der Waals surface area contributed by atoms with Crippen LogP contribution in [-0.4, -0.2) is 24.0 Å². The first-order chi connectivity index (χ1) is 7.75. The number of rotatable bonds is 2. The summed E-state index contributed by atoms with van der Waals surface area (Å²) in [5, 5.41) is 1.94. The number of carbonyl (C=O) groups excluding carboxylic acids is 1. The molecule has 3 heteroatoms. The monoisotopic (exact) mass is 216 g/mol. The van der Waals surface area contributed by atoms with Gasteiger partial charge in [0.15, 0.2) is 0 Å². The normalized spacial score (nSPS) is 16.1. The van der Waals surface area contributed by atoms with E-state index in [1.54, 1.807) is 0 Å². The predicted molar refractivity (Wildman–Crippen MR) is 64.0 cm³/mol. The van der Waals surface area contributed by atoms with Crippen molar-refractivity contribution in [3.8, 4) is 0 Å². The first-order valence-electron chi connectivity index (χ1n) is 5.53. The lowest BCUT2D eigenvalue weighted by Gasteiger charge is -2.23. The number of hydrazine groups is 1. The lowest BCUT2D eigenvalue weighted by atomic mass is 10.1. The van der Waals surface area contributed by atoms with Gasteiger partial charge in [-0.15, -0.1) is 0 Å². The van der Waals surface area contributed by atoms with Crippen LogP contribution in [0.25, 0.3) is 0 Å². The zero-order valence-corrected chi connectivity index (χ0v) is 9.44. The summed E-state index contributed by atoms with van der Waals surface area (Å²) in [5.74, 6) is -0.0287. The molecule has 0 aliphatic carbocycles. The van der Waals surface area contributed by atoms with Crippen molar-refractivity contribution in [3.63, 3.8) is 0 Å². The molecule has 3 nitrogen and oxygen atoms in total. The van der Waals surface area contributed by atoms with E-state index in [2.05, 4.69) is 17.6 Å². The Kier molecular flexibility index (Phi) is 3.37. The Hall–Kier alpha value is -1.61. The van der Waals surface area contributed by atoms with Crippen molar-refractivity contribution in [2.75, 3.05) is 13.1 Å². The van der Waals surface area contributed by atoms with E-state index in [1.165, 1.54) is 0 Å². The number of hydrogen-bond donors (Lipinski definition) is 1. The van der Waals surface area contributed by atoms with Gasteiger partial charge in [-0.1, -0.05) is 29.8 Å². The third-order valence-corrected chi connectivity index (χ3v) is 2.60. The maximum Gasteiger partial charge on any atom is 0.265 e. The van der Waals surface area contributed by atoms with Crippen molar-refractivity contribution in [2.45, 2.75) is 13.3 Å². The number of hydrogen-bond acceptors (Lipinski definition) is 2. The van der Waals surface area contributed by atoms with Gasteiger partial charge >= 0.3 is 0 Å². The molecule has 1 amide bonds. The largest absolute Gasteiger partial charge is 0.284 e. The van der Waals surface area contributed by atoms with Crippen LogP contribution >= 0.6 is 0 Å². The Morgan fingerprint density at radius 3 is 2.94 bits per heavy atom. The number of carbonyl (C=O) groups is 1. The summed E-state index contributed by atoms with van der Waals surface area (Å²) in [6.45, 7) is 3.66. The summed E-state index contributed by atoms with van der Waals surface area (Å²) in [4.78, 5) is 11.9. The van der Waals surface area contributed by atoms with Gasteiger partial charge in [-0.2, -0.15) is 0 Å². The van der Waals surface area contributed by atoms with Gasteiger partial charge in [0.25, 0.3) is 5.91 Å². The quantitative estimate of drug-likeness (QED) is 0.766. The molecule has 1 N–H and O–H groups in total. The van der Waals surface area contributed by atoms with Gasteiger partial charge in [0.1, 0.15) is 0 Å². The topological polar surface area (TPSA) is 32.3 Å². The van der Waals surface area contributed by atoms with Crippen LogP contribution in [0.3, 0.4) is 0 Å². The molecule has 0 atom stereocenters. The number of benzene rings is 1. The molecule has 0 fully saturated rings. The van der Waals surface area contributed by atoms with Crippen LogP contribution in [0.5, 0.6) is 0 Å². The Morgan fingerprint density at radius 2 is 2.25 bits per heavy atom. The first kappa shape index (κ1) is 10.9. The SMILES string of the molecule is Cc1cccc(C(=O)NN2CC=CCC2)c1. The Bertz CT molecular complexity index is 412. The standard InChI is InChI=1S/C13H16N2O/c1-11-6-5-7-12(10-11)13(16)14-15-8-3-2-4-9-15/h2-3,5-7,10H,4,8-9H2,1H3,(H,14,16). The average molecular weight is 216 g/mol. The van der Waals surface area contributed by atoms with Gasteiger partial charge in [-0.05, 0) is 25.5 Å². The van der Waals surface area contributed by atoms with Crippen LogP contribution in [0.2, 0.25) is 0 Å². The van der Waals surface area contributed by atoms with Crippen LogP contribution in [0.4, 0.5) is 0 Å². The van der Waals surface area contributed by atoms with Crippen LogP contribution in [0.15, 0.2) is 36.4 Å². The maximum atomic E-state index is 11.9. The second-order valence-corrected chi connectivity index (χ2v) is 4.02. The van der Waals surface area contributed by atoms with Gasteiger partial charge in [-0.3, -0.25) is 10.2 Å². The highest BCUT2D eigenvalue weighted by Gasteiger charge is 2.11. The molecule has 0 spiro atoms. The minimum atomic E-state index is -0.0287. The summed E-state index contributed by atoms with van der Waals surface area (Å²) >= 11 is 0. The van der Waals surface area contributed by atoms with E-state index in [0.717, 1.165) is 30.6 Å². The third-order valence-electron chi connectivity index (χ3n) is 2.60. The molecule has 1 aromatic rings. The van der Waals surface area contributed by atoms with Crippen molar-refractivity contribution >= 4 is 5.91 Å². The number of nitrogens with one attached hydrogen (secondary N) is 1. The van der Waals surface area contributed by atoms with Gasteiger partial charge < -0.3 is 0 Å². The van der Waals surface area contributed by atoms with E-state index in [1.807, 2.05) is 36.2 Å². The fourth-order valence-corrected chi connectivity index (χ4v) is 1.74. The second-order valence-electron chi connectivity index (χ2n) is 4.02. The molecule has 1 aromatic carbocycles. The third kappa shape index (κ3) is 2.70. The fourth-order valence-electron chi connectivity index (χ4n) is 1.74. The molecular formula is C13H16N2O. The summed E-state index contributed by atoms with van der Waals surface area (Å²) in [7, 11) is 0. The first-order valence-corrected chi connectivity index (χ1v) is 5.53. The molecule has 0 unspecified atom stereocenters. The Labute approximate surface area is 95.7 Å². The van der Waals surface area contributed by atoms with E-state index >= 15 is 0 Å². The van der Waals surface area contributed by atoms with Crippen LogP contribution in [0.1, 0.15) is 22.3 Å². The molecule has 0 aromatic heterocycles. The van der Waals surface area contributed by atoms with E-state index in [9.17, 15) is 4.79 Å². The zero-order valence-electron chi connectivity index (χ0n) is 9.44. The van der Waals surface area contributed by atoms with E-state index in [4.69, 9.17) is 0 Å². The molecule has 84 valence electrons. The van der Waals surface area contributed by atoms with Crippen LogP contribution in [0, 0.1) is 6.92 Å². The number of nitrogens with zero attached hydrogens (tertiary/aromatic N) is 1. The highest BCUT2D eigenvalue weighted by Crippen LogP contribution is 2.05. The minimum Gasteiger partial charge on any atom is -0.284 e. The van der Waals surface area contributed by atoms with E-state index in [-0.39, 0.29) is 5.91 Å². The Balaban J connectivity index is 2.00. The molecule has 16 heavy (non-hydrogen) atoms. The average Bonchev–Trinajstić information content (AvgIpc) is 2.30. The van der Waals surface area contributed by atoms with Gasteiger partial charge in [-0.25, -0.2) is 5.01 Å². The van der Waals surface area contributed by atoms with Gasteiger partial charge in [0.05, 0.1) is 0 Å². The molecule has 1 aliphatic heterocycles. The number of aryl methyl sites for hydroxylation is 1. The van der Waals surface area contributed by atoms with Crippen molar-refractivity contribution in [2.24, 2.45) is 0 Å². The zero-order chi connectivity index (χ0) is 11.4. The maximum absolute atomic E-state index is 11.9. The van der Waals surface area contributed by atoms with Crippen molar-refractivity contribution in [3.05, 3.63) is 47.5 Å². The lowest BCUT2D eigenvalue weighted by Crippen LogP contribution is -2.43. The fraction of sp³-hybridized carbons (Fsp3) is 0.308. The lowest BCUT2D eigenvalue weighted by molar-refractivity contribution is 0.0804. The highest BCUT2D eigenvalue weighted by molar-refractivity contribution is 5.93. The van der Waals surface area contributed by atoms with Crippen molar-refractivity contribution in [1.29, 1.82) is 0 Å². The van der Waals surface area contributed by atoms with Gasteiger partial charge in [0, 0.05) is 18.7 Å². The molecule has 1 heterocycles. The molecular weight excluding hydrogens is 200 g/mol. The summed E-state index contributed by atoms with van der Waals surface area (Å²) in [6, 6.07) is 7.62. The molecule has 2 rings (SSSR count). The summed E-state index contributed by atoms with van der Waals surface area (Å²) in [6.07, 6.45) is 5.20. The Morgan fingerprint density at radius 1 is 1.38 bits per heavy atom. The van der Waals surface area contributed by atoms with Crippen LogP contribution in [-0.2, 0) is 0 Å². The minimum absolute atomic E-state index is 0.0287. The predicted octanol–water partition coefficient (Wildman–Crippen LogP) is 1.90. The van der Waals surface area contributed by atoms with Gasteiger partial charge in [0.2, 0.25) is 0 Å². The smallest absolute Gasteiger partial charge is 0.265 e. The molecule has 0 saturated heterocycles. The molecule has 0 bridgehead atoms. The summed E-state index contributed by atoms with van der Waals surface area (Å²) in [5.41, 5.74) is 4.73. The second kappa shape index (κ2) is 4.94. The van der Waals surface area contributed by atoms with Crippen LogP contribution < -0.4 is 5.43 Å². The van der Waals surface area contributed by atoms with Crippen molar-refractivity contribution in [1.82, 2.24) is 10.4 Å². The van der Waals surface area contributed by atoms with E-state index < -0.39 is 0 Å². The van der Waals surface area contributed by atoms with Crippen molar-refractivity contribution < 1.29 is 4.79 Å². The molecule has 1 aliphatic rings. The number of amides is 1. The molecule has 0 saturated carbocycles. The van der Waals surface area contributed by atoms with E-state index in [0.29, 0.717) is 0 Å². The molecule has 0 radical (unpaired) electrons. The summed E-state index contributed by atoms with van der Waals surface area (Å²) < 4.78 is 0.